The smallest absolute Gasteiger partial charge is 0.338 e. The fourth-order valence-electron chi connectivity index (χ4n) is 5.59. The first kappa shape index (κ1) is 33.0. The van der Waals surface area contributed by atoms with Crippen LogP contribution in [0, 0.1) is 13.8 Å². The van der Waals surface area contributed by atoms with Crippen LogP contribution in [0.3, 0.4) is 0 Å². The summed E-state index contributed by atoms with van der Waals surface area (Å²) in [5.74, 6) is -2.45. The third kappa shape index (κ3) is 7.39. The quantitative estimate of drug-likeness (QED) is 0.165. The first-order valence-electron chi connectivity index (χ1n) is 15.2. The number of carbonyl (C=O) groups is 4. The topological polar surface area (TPSA) is 121 Å². The Kier molecular flexibility index (Phi) is 10.1. The second kappa shape index (κ2) is 14.4. The number of nitrogens with zero attached hydrogens (tertiary/aromatic N) is 2. The predicted molar refractivity (Wildman–Crippen MR) is 171 cm³/mol. The number of aryl methyl sites for hydroxylation is 2. The van der Waals surface area contributed by atoms with Gasteiger partial charge in [0, 0.05) is 18.8 Å². The summed E-state index contributed by atoms with van der Waals surface area (Å²) >= 11 is 0. The maximum absolute atomic E-state index is 13.7. The minimum absolute atomic E-state index is 0.0554. The molecule has 0 bridgehead atoms. The number of benzene rings is 3. The average molecular weight is 637 g/mol. The van der Waals surface area contributed by atoms with Crippen LogP contribution in [0.2, 0.25) is 0 Å². The van der Waals surface area contributed by atoms with Gasteiger partial charge in [-0.1, -0.05) is 54.6 Å². The first-order valence-corrected chi connectivity index (χ1v) is 15.2. The lowest BCUT2D eigenvalue weighted by Crippen LogP contribution is -2.57. The molecule has 47 heavy (non-hydrogen) atoms. The monoisotopic (exact) mass is 636 g/mol. The molecule has 0 spiro atoms. The summed E-state index contributed by atoms with van der Waals surface area (Å²) in [5, 5.41) is 0. The van der Waals surface area contributed by atoms with Crippen molar-refractivity contribution in [1.29, 1.82) is 0 Å². The lowest BCUT2D eigenvalue weighted by Gasteiger charge is -2.39. The molecule has 1 fully saturated rings. The molecule has 0 aliphatic carbocycles. The number of ether oxygens (including phenoxy) is 4. The van der Waals surface area contributed by atoms with E-state index in [-0.39, 0.29) is 24.3 Å². The molecule has 3 aromatic carbocycles. The molecular weight excluding hydrogens is 600 g/mol. The predicted octanol–water partition coefficient (Wildman–Crippen LogP) is 5.47. The van der Waals surface area contributed by atoms with Crippen molar-refractivity contribution in [2.75, 3.05) is 6.61 Å². The summed E-state index contributed by atoms with van der Waals surface area (Å²) in [5.41, 5.74) is 1.41. The molecule has 0 radical (unpaired) electrons. The minimum atomic E-state index is -1.77. The molecule has 1 amide bonds. The zero-order valence-electron chi connectivity index (χ0n) is 26.6. The normalized spacial score (nSPS) is 20.2. The van der Waals surface area contributed by atoms with Gasteiger partial charge in [0.1, 0.15) is 12.7 Å². The molecule has 1 saturated heterocycles. The first-order chi connectivity index (χ1) is 22.6. The number of pyridine rings is 1. The molecule has 0 saturated carbocycles. The summed E-state index contributed by atoms with van der Waals surface area (Å²) in [6.45, 7) is 6.35. The average Bonchev–Trinajstić information content (AvgIpc) is 3.34. The molecule has 1 aliphatic rings. The maximum atomic E-state index is 13.7. The van der Waals surface area contributed by atoms with Crippen LogP contribution in [0.4, 0.5) is 0 Å². The lowest BCUT2D eigenvalue weighted by molar-refractivity contribution is -0.166. The zero-order chi connectivity index (χ0) is 33.6. The molecular formula is C37H36N2O8. The molecule has 0 unspecified atom stereocenters. The summed E-state index contributed by atoms with van der Waals surface area (Å²) < 4.78 is 24.4. The van der Waals surface area contributed by atoms with E-state index >= 15 is 0 Å². The highest BCUT2D eigenvalue weighted by atomic mass is 16.7. The molecule has 5 rings (SSSR count). The van der Waals surface area contributed by atoms with Crippen molar-refractivity contribution in [1.82, 2.24) is 9.88 Å². The number of esters is 3. The summed E-state index contributed by atoms with van der Waals surface area (Å²) in [4.78, 5) is 59.4. The van der Waals surface area contributed by atoms with Crippen LogP contribution in [0.15, 0.2) is 103 Å². The number of hydrogen-bond acceptors (Lipinski definition) is 9. The van der Waals surface area contributed by atoms with Crippen molar-refractivity contribution >= 4 is 23.8 Å². The van der Waals surface area contributed by atoms with Gasteiger partial charge in [-0.15, -0.1) is 0 Å². The van der Waals surface area contributed by atoms with Crippen molar-refractivity contribution < 1.29 is 38.1 Å². The van der Waals surface area contributed by atoms with Crippen molar-refractivity contribution in [3.63, 3.8) is 0 Å². The molecule has 10 nitrogen and oxygen atoms in total. The molecule has 242 valence electrons. The van der Waals surface area contributed by atoms with Crippen LogP contribution in [0.25, 0.3) is 0 Å². The van der Waals surface area contributed by atoms with Crippen molar-refractivity contribution in [3.05, 3.63) is 137 Å². The number of amides is 1. The van der Waals surface area contributed by atoms with Gasteiger partial charge >= 0.3 is 17.9 Å². The summed E-state index contributed by atoms with van der Waals surface area (Å²) in [6.07, 6.45) is -2.03. The Hall–Kier alpha value is -5.35. The van der Waals surface area contributed by atoms with Crippen molar-refractivity contribution in [2.24, 2.45) is 0 Å². The van der Waals surface area contributed by atoms with Gasteiger partial charge < -0.3 is 23.8 Å². The van der Waals surface area contributed by atoms with Gasteiger partial charge in [0.2, 0.25) is 5.91 Å². The van der Waals surface area contributed by atoms with E-state index in [0.29, 0.717) is 11.3 Å². The zero-order valence-corrected chi connectivity index (χ0v) is 26.6. The van der Waals surface area contributed by atoms with Crippen molar-refractivity contribution in [2.45, 2.75) is 58.3 Å². The fraction of sp³-hybridized carbons (Fsp3) is 0.270. The third-order valence-corrected chi connectivity index (χ3v) is 8.17. The number of hydrogen-bond donors (Lipinski definition) is 0. The van der Waals surface area contributed by atoms with Crippen molar-refractivity contribution in [3.8, 4) is 0 Å². The van der Waals surface area contributed by atoms with E-state index in [9.17, 15) is 19.2 Å². The second-order valence-electron chi connectivity index (χ2n) is 11.5. The van der Waals surface area contributed by atoms with Crippen LogP contribution in [0.1, 0.15) is 61.7 Å². The minimum Gasteiger partial charge on any atom is -0.459 e. The maximum Gasteiger partial charge on any atom is 0.338 e. The van der Waals surface area contributed by atoms with E-state index in [0.717, 1.165) is 11.1 Å². The van der Waals surface area contributed by atoms with E-state index < -0.39 is 47.9 Å². The van der Waals surface area contributed by atoms with Gasteiger partial charge in [-0.25, -0.2) is 14.4 Å². The molecule has 2 heterocycles. The van der Waals surface area contributed by atoms with Crippen LogP contribution < -0.4 is 0 Å². The van der Waals surface area contributed by atoms with E-state index in [4.69, 9.17) is 18.9 Å². The Balaban J connectivity index is 1.57. The van der Waals surface area contributed by atoms with E-state index in [1.54, 1.807) is 104 Å². The lowest BCUT2D eigenvalue weighted by atomic mass is 9.94. The summed E-state index contributed by atoms with van der Waals surface area (Å²) in [7, 11) is 0. The Labute approximate surface area is 273 Å². The third-order valence-electron chi connectivity index (χ3n) is 8.17. The van der Waals surface area contributed by atoms with E-state index in [1.165, 1.54) is 11.8 Å². The molecule has 1 aliphatic heterocycles. The highest BCUT2D eigenvalue weighted by molar-refractivity contribution is 5.91. The number of carbonyl (C=O) groups excluding carboxylic acids is 4. The molecule has 1 aromatic heterocycles. The van der Waals surface area contributed by atoms with Gasteiger partial charge in [0.15, 0.2) is 17.9 Å². The Bertz CT molecular complexity index is 1710. The van der Waals surface area contributed by atoms with Gasteiger partial charge in [-0.05, 0) is 74.4 Å². The van der Waals surface area contributed by atoms with Crippen LogP contribution in [-0.2, 0) is 30.3 Å². The Morgan fingerprint density at radius 2 is 1.32 bits per heavy atom. The van der Waals surface area contributed by atoms with Gasteiger partial charge in [-0.2, -0.15) is 0 Å². The Morgan fingerprint density at radius 3 is 1.85 bits per heavy atom. The number of rotatable bonds is 10. The SMILES string of the molecule is CC(=O)N(Cc1c(C)ccnc1C)[C@@H]1O[C@H](COC(=O)c2ccccc2)[C@@H](OC(=O)c2ccccc2)[C@@]1(C)OC(=O)c1ccccc1. The fourth-order valence-corrected chi connectivity index (χ4v) is 5.59. The van der Waals surface area contributed by atoms with E-state index in [1.807, 2.05) is 19.9 Å². The molecule has 10 heteroatoms. The molecule has 0 N–H and O–H groups in total. The number of aromatic nitrogens is 1. The highest BCUT2D eigenvalue weighted by Gasteiger charge is 2.62. The molecule has 4 atom stereocenters. The Morgan fingerprint density at radius 1 is 0.787 bits per heavy atom. The largest absolute Gasteiger partial charge is 0.459 e. The molecule has 4 aromatic rings. The van der Waals surface area contributed by atoms with Gasteiger partial charge in [0.25, 0.3) is 0 Å². The highest BCUT2D eigenvalue weighted by Crippen LogP contribution is 2.40. The second-order valence-corrected chi connectivity index (χ2v) is 11.5. The van der Waals surface area contributed by atoms with Gasteiger partial charge in [0.05, 0.1) is 23.2 Å². The van der Waals surface area contributed by atoms with Gasteiger partial charge in [-0.3, -0.25) is 9.78 Å². The van der Waals surface area contributed by atoms with Crippen LogP contribution in [0.5, 0.6) is 0 Å². The van der Waals surface area contributed by atoms with E-state index in [2.05, 4.69) is 4.98 Å². The van der Waals surface area contributed by atoms with Crippen LogP contribution >= 0.6 is 0 Å². The van der Waals surface area contributed by atoms with Crippen LogP contribution in [-0.4, -0.2) is 64.3 Å². The standard InChI is InChI=1S/C37H36N2O8/c1-24-20-21-38-25(2)30(24)22-39(26(3)40)36-37(4,47-35(43)29-18-12-7-13-19-29)32(46-34(42)28-16-10-6-11-17-28)31(45-36)23-44-33(41)27-14-8-5-9-15-27/h5-21,31-32,36H,22-23H2,1-4H3/t31-,32-,36-,37-/m1/s1. The summed E-state index contributed by atoms with van der Waals surface area (Å²) in [6, 6.07) is 26.9.